The van der Waals surface area contributed by atoms with E-state index in [1.54, 1.807) is 13.1 Å². The molecule has 0 atom stereocenters. The standard InChI is InChI=1S/C21H26N2O2S/c1-22(16-19-7-2-3-10-21(19)23-13-4-5-14-23)26(24,25)20-12-11-17-8-6-9-18(17)15-20/h2-3,7,10-12,15H,4-6,8-9,13-14,16H2,1H3. The highest BCUT2D eigenvalue weighted by molar-refractivity contribution is 7.89. The number of hydrogen-bond acceptors (Lipinski definition) is 3. The van der Waals surface area contributed by atoms with Crippen LogP contribution in [0.15, 0.2) is 47.4 Å². The number of nitrogens with zero attached hydrogens (tertiary/aromatic N) is 2. The van der Waals surface area contributed by atoms with Gasteiger partial charge in [-0.2, -0.15) is 4.31 Å². The van der Waals surface area contributed by atoms with Gasteiger partial charge in [0.25, 0.3) is 0 Å². The van der Waals surface area contributed by atoms with Gasteiger partial charge in [-0.1, -0.05) is 24.3 Å². The second-order valence-corrected chi connectivity index (χ2v) is 9.41. The van der Waals surface area contributed by atoms with E-state index < -0.39 is 10.0 Å². The Balaban J connectivity index is 1.59. The molecule has 4 nitrogen and oxygen atoms in total. The summed E-state index contributed by atoms with van der Waals surface area (Å²) in [5.74, 6) is 0. The summed E-state index contributed by atoms with van der Waals surface area (Å²) in [5.41, 5.74) is 4.73. The molecule has 138 valence electrons. The second kappa shape index (κ2) is 7.05. The van der Waals surface area contributed by atoms with Crippen molar-refractivity contribution in [2.75, 3.05) is 25.0 Å². The number of fused-ring (bicyclic) bond motifs is 1. The van der Waals surface area contributed by atoms with Crippen LogP contribution in [0.25, 0.3) is 0 Å². The van der Waals surface area contributed by atoms with E-state index in [1.807, 2.05) is 30.3 Å². The minimum atomic E-state index is -3.48. The zero-order valence-electron chi connectivity index (χ0n) is 15.3. The van der Waals surface area contributed by atoms with Gasteiger partial charge in [0, 0.05) is 32.4 Å². The van der Waals surface area contributed by atoms with Crippen LogP contribution in [-0.4, -0.2) is 32.9 Å². The molecule has 2 aromatic carbocycles. The van der Waals surface area contributed by atoms with Crippen molar-refractivity contribution in [3.8, 4) is 0 Å². The fourth-order valence-corrected chi connectivity index (χ4v) is 5.32. The van der Waals surface area contributed by atoms with Crippen molar-refractivity contribution in [2.24, 2.45) is 0 Å². The van der Waals surface area contributed by atoms with E-state index in [4.69, 9.17) is 0 Å². The van der Waals surface area contributed by atoms with Gasteiger partial charge in [0.15, 0.2) is 0 Å². The first-order valence-corrected chi connectivity index (χ1v) is 10.9. The second-order valence-electron chi connectivity index (χ2n) is 7.37. The van der Waals surface area contributed by atoms with E-state index in [9.17, 15) is 8.42 Å². The summed E-state index contributed by atoms with van der Waals surface area (Å²) < 4.78 is 27.6. The molecule has 0 spiro atoms. The van der Waals surface area contributed by atoms with Gasteiger partial charge < -0.3 is 4.90 Å². The van der Waals surface area contributed by atoms with Gasteiger partial charge in [-0.3, -0.25) is 0 Å². The van der Waals surface area contributed by atoms with Gasteiger partial charge in [-0.05, 0) is 67.0 Å². The third kappa shape index (κ3) is 3.26. The van der Waals surface area contributed by atoms with Crippen LogP contribution in [0, 0.1) is 0 Å². The van der Waals surface area contributed by atoms with E-state index in [-0.39, 0.29) is 0 Å². The number of aryl methyl sites for hydroxylation is 2. The zero-order chi connectivity index (χ0) is 18.1. The highest BCUT2D eigenvalue weighted by Gasteiger charge is 2.25. The molecule has 5 heteroatoms. The minimum Gasteiger partial charge on any atom is -0.371 e. The maximum absolute atomic E-state index is 13.1. The summed E-state index contributed by atoms with van der Waals surface area (Å²) >= 11 is 0. The smallest absolute Gasteiger partial charge is 0.243 e. The van der Waals surface area contributed by atoms with Crippen LogP contribution in [0.4, 0.5) is 5.69 Å². The van der Waals surface area contributed by atoms with Crippen LogP contribution in [0.3, 0.4) is 0 Å². The summed E-state index contributed by atoms with van der Waals surface area (Å²) in [6, 6.07) is 13.8. The minimum absolute atomic E-state index is 0.395. The number of rotatable bonds is 5. The first-order chi connectivity index (χ1) is 12.6. The Bertz CT molecular complexity index is 902. The quantitative estimate of drug-likeness (QED) is 0.807. The molecule has 26 heavy (non-hydrogen) atoms. The van der Waals surface area contributed by atoms with E-state index in [1.165, 1.54) is 34.0 Å². The summed E-state index contributed by atoms with van der Waals surface area (Å²) in [4.78, 5) is 2.78. The summed E-state index contributed by atoms with van der Waals surface area (Å²) in [7, 11) is -1.80. The molecule has 0 saturated carbocycles. The van der Waals surface area contributed by atoms with Crippen LogP contribution in [0.1, 0.15) is 36.0 Å². The van der Waals surface area contributed by atoms with Gasteiger partial charge in [0.1, 0.15) is 0 Å². The maximum atomic E-state index is 13.1. The SMILES string of the molecule is CN(Cc1ccccc1N1CCCC1)S(=O)(=O)c1ccc2c(c1)CCC2. The van der Waals surface area contributed by atoms with Crippen LogP contribution in [-0.2, 0) is 29.4 Å². The van der Waals surface area contributed by atoms with Crippen molar-refractivity contribution in [3.05, 3.63) is 59.2 Å². The molecule has 0 bridgehead atoms. The molecule has 0 aromatic heterocycles. The fraction of sp³-hybridized carbons (Fsp3) is 0.429. The summed E-state index contributed by atoms with van der Waals surface area (Å²) in [6.07, 6.45) is 5.59. The van der Waals surface area contributed by atoms with E-state index in [0.29, 0.717) is 11.4 Å². The number of para-hydroxylation sites is 1. The number of anilines is 1. The molecule has 0 amide bonds. The molecule has 0 N–H and O–H groups in total. The zero-order valence-corrected chi connectivity index (χ0v) is 16.1. The first kappa shape index (κ1) is 17.6. The Morgan fingerprint density at radius 2 is 1.69 bits per heavy atom. The average Bonchev–Trinajstić information content (AvgIpc) is 3.33. The largest absolute Gasteiger partial charge is 0.371 e. The van der Waals surface area contributed by atoms with Crippen molar-refractivity contribution in [1.82, 2.24) is 4.31 Å². The van der Waals surface area contributed by atoms with Crippen LogP contribution in [0.2, 0.25) is 0 Å². The molecule has 1 aliphatic heterocycles. The monoisotopic (exact) mass is 370 g/mol. The lowest BCUT2D eigenvalue weighted by Gasteiger charge is -2.24. The predicted octanol–water partition coefficient (Wildman–Crippen LogP) is 3.60. The summed E-state index contributed by atoms with van der Waals surface area (Å²) in [5, 5.41) is 0. The Kier molecular flexibility index (Phi) is 4.76. The lowest BCUT2D eigenvalue weighted by atomic mass is 10.1. The molecule has 1 fully saturated rings. The molecule has 1 saturated heterocycles. The van der Waals surface area contributed by atoms with Crippen LogP contribution in [0.5, 0.6) is 0 Å². The maximum Gasteiger partial charge on any atom is 0.243 e. The highest BCUT2D eigenvalue weighted by Crippen LogP contribution is 2.29. The van der Waals surface area contributed by atoms with Crippen molar-refractivity contribution >= 4 is 15.7 Å². The molecule has 0 radical (unpaired) electrons. The fourth-order valence-electron chi connectivity index (χ4n) is 4.12. The predicted molar refractivity (Wildman–Crippen MR) is 105 cm³/mol. The van der Waals surface area contributed by atoms with Gasteiger partial charge >= 0.3 is 0 Å². The Labute approximate surface area is 156 Å². The lowest BCUT2D eigenvalue weighted by Crippen LogP contribution is -2.28. The number of sulfonamides is 1. The van der Waals surface area contributed by atoms with Gasteiger partial charge in [0.2, 0.25) is 10.0 Å². The number of benzene rings is 2. The van der Waals surface area contributed by atoms with Crippen molar-refractivity contribution in [3.63, 3.8) is 0 Å². The third-order valence-electron chi connectivity index (χ3n) is 5.61. The summed E-state index contributed by atoms with van der Waals surface area (Å²) in [6.45, 7) is 2.50. The van der Waals surface area contributed by atoms with Gasteiger partial charge in [-0.25, -0.2) is 8.42 Å². The lowest BCUT2D eigenvalue weighted by molar-refractivity contribution is 0.466. The van der Waals surface area contributed by atoms with E-state index >= 15 is 0 Å². The molecule has 2 aromatic rings. The van der Waals surface area contributed by atoms with E-state index in [2.05, 4.69) is 11.0 Å². The van der Waals surface area contributed by atoms with Gasteiger partial charge in [0.05, 0.1) is 4.90 Å². The van der Waals surface area contributed by atoms with E-state index in [0.717, 1.165) is 37.9 Å². The molecular weight excluding hydrogens is 344 g/mol. The highest BCUT2D eigenvalue weighted by atomic mass is 32.2. The average molecular weight is 371 g/mol. The number of hydrogen-bond donors (Lipinski definition) is 0. The van der Waals surface area contributed by atoms with Gasteiger partial charge in [-0.15, -0.1) is 0 Å². The van der Waals surface area contributed by atoms with Crippen LogP contribution < -0.4 is 4.90 Å². The molecule has 4 rings (SSSR count). The molecule has 0 unspecified atom stereocenters. The molecule has 1 aliphatic carbocycles. The Morgan fingerprint density at radius 3 is 2.50 bits per heavy atom. The third-order valence-corrected chi connectivity index (χ3v) is 7.41. The molecular formula is C21H26N2O2S. The Morgan fingerprint density at radius 1 is 0.962 bits per heavy atom. The molecule has 2 aliphatic rings. The van der Waals surface area contributed by atoms with Crippen LogP contribution >= 0.6 is 0 Å². The molecule has 1 heterocycles. The van der Waals surface area contributed by atoms with Crippen molar-refractivity contribution in [1.29, 1.82) is 0 Å². The van der Waals surface area contributed by atoms with Crippen molar-refractivity contribution in [2.45, 2.75) is 43.5 Å². The topological polar surface area (TPSA) is 40.6 Å². The van der Waals surface area contributed by atoms with Crippen molar-refractivity contribution < 1.29 is 8.42 Å². The Hall–Kier alpha value is -1.85. The first-order valence-electron chi connectivity index (χ1n) is 9.47. The normalized spacial score (nSPS) is 17.1.